The molecule has 3 amide bonds. The highest BCUT2D eigenvalue weighted by Gasteiger charge is 2.42. The second-order valence-electron chi connectivity index (χ2n) is 11.9. The van der Waals surface area contributed by atoms with Crippen LogP contribution in [-0.4, -0.2) is 48.0 Å². The number of nitrogens with zero attached hydrogens (tertiary/aromatic N) is 1. The molecular weight excluding hydrogens is 644 g/mol. The third kappa shape index (κ3) is 7.97. The maximum Gasteiger partial charge on any atom is 0.408 e. The van der Waals surface area contributed by atoms with Gasteiger partial charge in [0.15, 0.2) is 6.29 Å². The molecule has 6 rings (SSSR count). The van der Waals surface area contributed by atoms with Crippen LogP contribution in [0.25, 0.3) is 0 Å². The number of aliphatic hydroxyl groups excluding tert-OH is 1. The highest BCUT2D eigenvalue weighted by molar-refractivity contribution is 7.99. The minimum Gasteiger partial charge on any atom is -0.496 e. The number of amides is 3. The van der Waals surface area contributed by atoms with Crippen molar-refractivity contribution in [1.82, 2.24) is 5.32 Å². The average molecular weight is 683 g/mol. The molecule has 0 saturated carbocycles. The van der Waals surface area contributed by atoms with Gasteiger partial charge in [0.25, 0.3) is 5.91 Å². The molecule has 2 aliphatic heterocycles. The zero-order chi connectivity index (χ0) is 34.3. The molecule has 4 aromatic carbocycles. The zero-order valence-electron chi connectivity index (χ0n) is 27.2. The Morgan fingerprint density at radius 1 is 0.918 bits per heavy atom. The Balaban J connectivity index is 1.19. The number of nitrogens with one attached hydrogen (secondary N) is 1. The fourth-order valence-corrected chi connectivity index (χ4v) is 7.15. The second kappa shape index (κ2) is 15.7. The van der Waals surface area contributed by atoms with E-state index in [-0.39, 0.29) is 37.8 Å². The molecular formula is C38H38N2O8S. The molecule has 2 aliphatic rings. The zero-order valence-corrected chi connectivity index (χ0v) is 28.0. The largest absolute Gasteiger partial charge is 0.496 e. The van der Waals surface area contributed by atoms with Crippen LogP contribution in [0.1, 0.15) is 48.0 Å². The Kier molecular flexibility index (Phi) is 10.9. The summed E-state index contributed by atoms with van der Waals surface area (Å²) >= 11 is 1.63. The highest BCUT2D eigenvalue weighted by atomic mass is 32.2. The molecule has 2 saturated heterocycles. The van der Waals surface area contributed by atoms with Gasteiger partial charge in [0.2, 0.25) is 5.91 Å². The Morgan fingerprint density at radius 3 is 2.43 bits per heavy atom. The lowest BCUT2D eigenvalue weighted by Gasteiger charge is -2.41. The molecule has 0 aliphatic carbocycles. The van der Waals surface area contributed by atoms with Gasteiger partial charge in [-0.3, -0.25) is 9.59 Å². The molecule has 0 radical (unpaired) electrons. The van der Waals surface area contributed by atoms with E-state index in [1.807, 2.05) is 84.9 Å². The number of imide groups is 1. The van der Waals surface area contributed by atoms with E-state index >= 15 is 0 Å². The van der Waals surface area contributed by atoms with Crippen molar-refractivity contribution < 1.29 is 38.4 Å². The number of thioether (sulfide) groups is 1. The van der Waals surface area contributed by atoms with Crippen LogP contribution < -0.4 is 15.0 Å². The molecule has 49 heavy (non-hydrogen) atoms. The number of hydrogen-bond acceptors (Lipinski definition) is 9. The normalized spacial score (nSPS) is 22.2. The molecule has 0 spiro atoms. The van der Waals surface area contributed by atoms with Crippen molar-refractivity contribution in [3.63, 3.8) is 0 Å². The molecule has 254 valence electrons. The van der Waals surface area contributed by atoms with Gasteiger partial charge in [-0.15, -0.1) is 11.8 Å². The Hall–Kier alpha value is -4.68. The fraction of sp³-hybridized carbons (Fsp3) is 0.289. The summed E-state index contributed by atoms with van der Waals surface area (Å²) in [6.45, 7) is 2.07. The van der Waals surface area contributed by atoms with Gasteiger partial charge in [-0.1, -0.05) is 85.8 Å². The third-order valence-corrected chi connectivity index (χ3v) is 9.79. The summed E-state index contributed by atoms with van der Waals surface area (Å²) in [5.74, 6) is 0.360. The van der Waals surface area contributed by atoms with E-state index in [4.69, 9.17) is 18.9 Å². The molecule has 5 atom stereocenters. The third-order valence-electron chi connectivity index (χ3n) is 8.65. The quantitative estimate of drug-likeness (QED) is 0.138. The predicted molar refractivity (Wildman–Crippen MR) is 184 cm³/mol. The van der Waals surface area contributed by atoms with Crippen LogP contribution in [0.15, 0.2) is 108 Å². The number of alkyl carbamates (subject to hydrolysis) is 1. The minimum absolute atomic E-state index is 0.0399. The number of carbonyl (C=O) groups excluding carboxylic acids is 3. The standard InChI is InChI=1S/C38H38N2O8S/c1-24-32(23-49-33-14-7-6-13-31(33)45-2)47-37(48-35(24)27-17-15-25(21-41)16-18-27)28-11-8-12-29(19-28)40-34(42)20-30(36(40)43)39-38(44)46-22-26-9-4-3-5-10-26/h3-19,24,30,32,35,37,41H,20-23H2,1-2H3,(H,39,44)/t24-,30?,32+,35+,37+/m0/s1. The topological polar surface area (TPSA) is 124 Å². The van der Waals surface area contributed by atoms with Gasteiger partial charge in [-0.05, 0) is 41.0 Å². The number of carbonyl (C=O) groups is 3. The van der Waals surface area contributed by atoms with E-state index in [1.54, 1.807) is 37.1 Å². The number of para-hydroxylation sites is 1. The first kappa shape index (κ1) is 34.2. The number of benzene rings is 4. The molecule has 0 aromatic heterocycles. The van der Waals surface area contributed by atoms with Gasteiger partial charge in [0.1, 0.15) is 18.4 Å². The summed E-state index contributed by atoms with van der Waals surface area (Å²) in [5.41, 5.74) is 3.53. The monoisotopic (exact) mass is 682 g/mol. The molecule has 2 fully saturated rings. The van der Waals surface area contributed by atoms with Crippen molar-refractivity contribution in [2.45, 2.75) is 56.0 Å². The summed E-state index contributed by atoms with van der Waals surface area (Å²) in [6.07, 6.45) is -2.37. The maximum absolute atomic E-state index is 13.4. The van der Waals surface area contributed by atoms with Crippen molar-refractivity contribution in [2.24, 2.45) is 5.92 Å². The number of hydrogen-bond donors (Lipinski definition) is 2. The van der Waals surface area contributed by atoms with Gasteiger partial charge in [0, 0.05) is 22.1 Å². The molecule has 0 bridgehead atoms. The van der Waals surface area contributed by atoms with E-state index in [2.05, 4.69) is 12.2 Å². The second-order valence-corrected chi connectivity index (χ2v) is 13.0. The number of anilines is 1. The van der Waals surface area contributed by atoms with Gasteiger partial charge < -0.3 is 29.4 Å². The Labute approximate surface area is 289 Å². The summed E-state index contributed by atoms with van der Waals surface area (Å²) in [5, 5.41) is 12.1. The lowest BCUT2D eigenvalue weighted by Crippen LogP contribution is -2.42. The number of methoxy groups -OCH3 is 1. The van der Waals surface area contributed by atoms with Crippen LogP contribution in [-0.2, 0) is 37.0 Å². The van der Waals surface area contributed by atoms with E-state index in [0.29, 0.717) is 17.0 Å². The van der Waals surface area contributed by atoms with Gasteiger partial charge in [-0.2, -0.15) is 0 Å². The smallest absolute Gasteiger partial charge is 0.408 e. The van der Waals surface area contributed by atoms with Crippen LogP contribution in [0.5, 0.6) is 5.75 Å². The van der Waals surface area contributed by atoms with E-state index in [0.717, 1.165) is 32.2 Å². The maximum atomic E-state index is 13.4. The van der Waals surface area contributed by atoms with Gasteiger partial charge in [-0.25, -0.2) is 9.69 Å². The predicted octanol–water partition coefficient (Wildman–Crippen LogP) is 6.33. The van der Waals surface area contributed by atoms with Crippen LogP contribution in [0, 0.1) is 5.92 Å². The summed E-state index contributed by atoms with van der Waals surface area (Å²) in [7, 11) is 1.65. The SMILES string of the molecule is COc1ccccc1SC[C@H]1O[C@@H](c2cccc(N3C(=O)CC(NC(=O)OCc4ccccc4)C3=O)c2)O[C@@H](c2ccc(CO)cc2)[C@H]1C. The van der Waals surface area contributed by atoms with Crippen LogP contribution >= 0.6 is 11.8 Å². The van der Waals surface area contributed by atoms with Crippen molar-refractivity contribution in [3.05, 3.63) is 125 Å². The number of rotatable bonds is 11. The Morgan fingerprint density at radius 2 is 1.67 bits per heavy atom. The molecule has 11 heteroatoms. The molecule has 2 N–H and O–H groups in total. The van der Waals surface area contributed by atoms with Crippen molar-refractivity contribution in [1.29, 1.82) is 0 Å². The van der Waals surface area contributed by atoms with Crippen LogP contribution in [0.3, 0.4) is 0 Å². The first-order chi connectivity index (χ1) is 23.8. The summed E-state index contributed by atoms with van der Waals surface area (Å²) < 4.78 is 24.0. The first-order valence-electron chi connectivity index (χ1n) is 16.0. The van der Waals surface area contributed by atoms with Crippen molar-refractivity contribution in [2.75, 3.05) is 17.8 Å². The molecule has 4 aromatic rings. The average Bonchev–Trinajstić information content (AvgIpc) is 3.42. The molecule has 10 nitrogen and oxygen atoms in total. The van der Waals surface area contributed by atoms with Crippen LogP contribution in [0.4, 0.5) is 10.5 Å². The highest BCUT2D eigenvalue weighted by Crippen LogP contribution is 2.44. The van der Waals surface area contributed by atoms with Gasteiger partial charge in [0.05, 0.1) is 38.0 Å². The van der Waals surface area contributed by atoms with Crippen LogP contribution in [0.2, 0.25) is 0 Å². The first-order valence-corrected chi connectivity index (χ1v) is 17.0. The van der Waals surface area contributed by atoms with Gasteiger partial charge >= 0.3 is 6.09 Å². The lowest BCUT2D eigenvalue weighted by molar-refractivity contribution is -0.268. The summed E-state index contributed by atoms with van der Waals surface area (Å²) in [6, 6.07) is 30.6. The minimum atomic E-state index is -1.05. The summed E-state index contributed by atoms with van der Waals surface area (Å²) in [4.78, 5) is 41.1. The fourth-order valence-electron chi connectivity index (χ4n) is 5.95. The van der Waals surface area contributed by atoms with E-state index in [1.165, 1.54) is 0 Å². The number of aliphatic hydroxyl groups is 1. The molecule has 1 unspecified atom stereocenters. The van der Waals surface area contributed by atoms with Crippen molar-refractivity contribution >= 4 is 35.4 Å². The van der Waals surface area contributed by atoms with E-state index < -0.39 is 30.2 Å². The Bertz CT molecular complexity index is 1770. The molecule has 2 heterocycles. The number of ether oxygens (including phenoxy) is 4. The lowest BCUT2D eigenvalue weighted by atomic mass is 9.91. The van der Waals surface area contributed by atoms with E-state index in [9.17, 15) is 19.5 Å². The van der Waals surface area contributed by atoms with Crippen molar-refractivity contribution in [3.8, 4) is 5.75 Å².